The molecule has 0 aliphatic heterocycles. The maximum atomic E-state index is 11.7. The topological polar surface area (TPSA) is 107 Å². The van der Waals surface area contributed by atoms with Crippen LogP contribution in [0.5, 0.6) is 5.75 Å². The van der Waals surface area contributed by atoms with E-state index in [-0.39, 0.29) is 12.4 Å². The molecule has 1 N–H and O–H groups in total. The van der Waals surface area contributed by atoms with Crippen LogP contribution in [0.2, 0.25) is 0 Å². The van der Waals surface area contributed by atoms with E-state index >= 15 is 0 Å². The van der Waals surface area contributed by atoms with Gasteiger partial charge in [-0.05, 0) is 50.1 Å². The zero-order valence-corrected chi connectivity index (χ0v) is 16.4. The largest absolute Gasteiger partial charge is 0.481 e. The molecule has 0 spiro atoms. The Hall–Kier alpha value is -1.72. The minimum atomic E-state index is -0.669. The molecule has 0 fully saturated rings. The lowest BCUT2D eigenvalue weighted by Crippen LogP contribution is -2.24. The molecule has 8 nitrogen and oxygen atoms in total. The molecule has 0 aliphatic carbocycles. The lowest BCUT2D eigenvalue weighted by atomic mass is 10.3. The number of furan rings is 1. The number of nitrogens with one attached hydrogen (secondary N) is 1. The first-order valence-corrected chi connectivity index (χ1v) is 8.58. The van der Waals surface area contributed by atoms with Gasteiger partial charge in [-0.2, -0.15) is 5.10 Å². The highest BCUT2D eigenvalue weighted by Gasteiger charge is 2.11. The third kappa shape index (κ3) is 5.14. The van der Waals surface area contributed by atoms with Crippen LogP contribution in [-0.4, -0.2) is 23.7 Å². The number of amides is 1. The quantitative estimate of drug-likeness (QED) is 0.348. The third-order valence-electron chi connectivity index (χ3n) is 2.48. The van der Waals surface area contributed by atoms with Crippen LogP contribution in [0.25, 0.3) is 0 Å². The molecular formula is C13H8Br3N3O5. The lowest BCUT2D eigenvalue weighted by Gasteiger charge is -2.09. The van der Waals surface area contributed by atoms with Crippen molar-refractivity contribution in [1.29, 1.82) is 0 Å². The smallest absolute Gasteiger partial charge is 0.433 e. The van der Waals surface area contributed by atoms with Gasteiger partial charge in [0.05, 0.1) is 21.2 Å². The van der Waals surface area contributed by atoms with Crippen LogP contribution in [-0.2, 0) is 4.79 Å². The Kier molecular flexibility index (Phi) is 6.52. The molecule has 0 saturated heterocycles. The minimum absolute atomic E-state index is 0.140. The summed E-state index contributed by atoms with van der Waals surface area (Å²) in [6.07, 6.45) is 1.15. The molecule has 2 rings (SSSR count). The van der Waals surface area contributed by atoms with Crippen molar-refractivity contribution >= 4 is 65.8 Å². The summed E-state index contributed by atoms with van der Waals surface area (Å²) in [6.45, 7) is -0.269. The van der Waals surface area contributed by atoms with Crippen molar-refractivity contribution in [1.82, 2.24) is 5.43 Å². The van der Waals surface area contributed by atoms with Gasteiger partial charge in [-0.1, -0.05) is 15.9 Å². The number of nitrogens with zero attached hydrogens (tertiary/aromatic N) is 2. The first kappa shape index (κ1) is 18.6. The van der Waals surface area contributed by atoms with E-state index < -0.39 is 16.7 Å². The molecule has 1 aromatic carbocycles. The van der Waals surface area contributed by atoms with Crippen LogP contribution in [0.4, 0.5) is 5.88 Å². The van der Waals surface area contributed by atoms with Gasteiger partial charge in [-0.3, -0.25) is 14.9 Å². The summed E-state index contributed by atoms with van der Waals surface area (Å²) >= 11 is 9.99. The van der Waals surface area contributed by atoms with E-state index in [0.717, 1.165) is 10.7 Å². The van der Waals surface area contributed by atoms with Crippen molar-refractivity contribution in [3.63, 3.8) is 0 Å². The van der Waals surface area contributed by atoms with Gasteiger partial charge in [-0.15, -0.1) is 0 Å². The molecule has 2 aromatic rings. The van der Waals surface area contributed by atoms with E-state index in [1.54, 1.807) is 12.1 Å². The standard InChI is InChI=1S/C13H8Br3N3O5/c14-7-3-9(15)13(10(16)4-7)23-6-11(20)18-17-5-8-1-2-12(24-8)19(21)22/h1-5H,6H2,(H,18,20). The number of hydrogen-bond donors (Lipinski definition) is 1. The first-order chi connectivity index (χ1) is 11.4. The van der Waals surface area contributed by atoms with Crippen LogP contribution >= 0.6 is 47.8 Å². The van der Waals surface area contributed by atoms with E-state index in [9.17, 15) is 14.9 Å². The van der Waals surface area contributed by atoms with Crippen LogP contribution in [0, 0.1) is 10.1 Å². The maximum absolute atomic E-state index is 11.7. The van der Waals surface area contributed by atoms with Crippen molar-refractivity contribution in [2.45, 2.75) is 0 Å². The van der Waals surface area contributed by atoms with Crippen molar-refractivity contribution in [2.75, 3.05) is 6.61 Å². The molecule has 0 atom stereocenters. The van der Waals surface area contributed by atoms with E-state index in [1.165, 1.54) is 12.1 Å². The number of hydrazone groups is 1. The molecule has 1 heterocycles. The number of hydrogen-bond acceptors (Lipinski definition) is 6. The molecule has 0 radical (unpaired) electrons. The molecular weight excluding hydrogens is 518 g/mol. The molecule has 11 heteroatoms. The molecule has 1 aromatic heterocycles. The fourth-order valence-corrected chi connectivity index (χ4v) is 4.00. The van der Waals surface area contributed by atoms with E-state index in [4.69, 9.17) is 9.15 Å². The Balaban J connectivity index is 1.87. The predicted molar refractivity (Wildman–Crippen MR) is 96.1 cm³/mol. The second kappa shape index (κ2) is 8.40. The molecule has 1 amide bonds. The highest BCUT2D eigenvalue weighted by molar-refractivity contribution is 9.11. The van der Waals surface area contributed by atoms with Gasteiger partial charge in [0, 0.05) is 4.47 Å². The highest BCUT2D eigenvalue weighted by atomic mass is 79.9. The van der Waals surface area contributed by atoms with Gasteiger partial charge >= 0.3 is 5.88 Å². The maximum Gasteiger partial charge on any atom is 0.433 e. The minimum Gasteiger partial charge on any atom is -0.481 e. The highest BCUT2D eigenvalue weighted by Crippen LogP contribution is 2.36. The number of benzene rings is 1. The van der Waals surface area contributed by atoms with Gasteiger partial charge in [-0.25, -0.2) is 5.43 Å². The summed E-state index contributed by atoms with van der Waals surface area (Å²) in [6, 6.07) is 6.11. The number of ether oxygens (including phenoxy) is 1. The van der Waals surface area contributed by atoms with Gasteiger partial charge < -0.3 is 9.15 Å². The average Bonchev–Trinajstić information content (AvgIpc) is 2.95. The number of carbonyl (C=O) groups is 1. The summed E-state index contributed by atoms with van der Waals surface area (Å²) in [7, 11) is 0. The Morgan fingerprint density at radius 2 is 2.00 bits per heavy atom. The van der Waals surface area contributed by atoms with Crippen molar-refractivity contribution in [3.05, 3.63) is 53.6 Å². The Morgan fingerprint density at radius 1 is 1.33 bits per heavy atom. The third-order valence-corrected chi connectivity index (χ3v) is 4.12. The van der Waals surface area contributed by atoms with Crippen LogP contribution in [0.3, 0.4) is 0 Å². The normalized spacial score (nSPS) is 10.8. The number of halogens is 3. The average molecular weight is 526 g/mol. The van der Waals surface area contributed by atoms with Gasteiger partial charge in [0.1, 0.15) is 10.7 Å². The zero-order valence-electron chi connectivity index (χ0n) is 11.7. The van der Waals surface area contributed by atoms with Crippen LogP contribution in [0.15, 0.2) is 47.2 Å². The summed E-state index contributed by atoms with van der Waals surface area (Å²) in [5.74, 6) is -0.301. The van der Waals surface area contributed by atoms with Gasteiger partial charge in [0.2, 0.25) is 0 Å². The van der Waals surface area contributed by atoms with Crippen LogP contribution < -0.4 is 10.2 Å². The van der Waals surface area contributed by atoms with Gasteiger partial charge in [0.15, 0.2) is 12.4 Å². The number of carbonyl (C=O) groups excluding carboxylic acids is 1. The molecule has 0 bridgehead atoms. The second-order valence-corrected chi connectivity index (χ2v) is 6.84. The fourth-order valence-electron chi connectivity index (χ4n) is 1.51. The molecule has 0 saturated carbocycles. The van der Waals surface area contributed by atoms with E-state index in [1.807, 2.05) is 0 Å². The Bertz CT molecular complexity index is 783. The van der Waals surface area contributed by atoms with E-state index in [2.05, 4.69) is 58.3 Å². The number of nitro groups is 1. The molecule has 0 unspecified atom stereocenters. The monoisotopic (exact) mass is 523 g/mol. The second-order valence-electron chi connectivity index (χ2n) is 4.21. The van der Waals surface area contributed by atoms with Gasteiger partial charge in [0.25, 0.3) is 5.91 Å². The van der Waals surface area contributed by atoms with Crippen molar-refractivity contribution < 1.29 is 18.9 Å². The summed E-state index contributed by atoms with van der Waals surface area (Å²) in [5, 5.41) is 14.1. The van der Waals surface area contributed by atoms with Crippen LogP contribution in [0.1, 0.15) is 5.76 Å². The number of rotatable bonds is 6. The summed E-state index contributed by atoms with van der Waals surface area (Å²) in [4.78, 5) is 21.5. The van der Waals surface area contributed by atoms with Crippen molar-refractivity contribution in [2.24, 2.45) is 5.10 Å². The van der Waals surface area contributed by atoms with Crippen molar-refractivity contribution in [3.8, 4) is 5.75 Å². The predicted octanol–water partition coefficient (Wildman–Crippen LogP) is 4.00. The summed E-state index contributed by atoms with van der Waals surface area (Å²) in [5.41, 5.74) is 2.23. The molecule has 24 heavy (non-hydrogen) atoms. The summed E-state index contributed by atoms with van der Waals surface area (Å²) < 4.78 is 12.4. The Labute approximate surface area is 160 Å². The molecule has 0 aliphatic rings. The Morgan fingerprint density at radius 3 is 2.58 bits per heavy atom. The zero-order chi connectivity index (χ0) is 17.7. The van der Waals surface area contributed by atoms with E-state index in [0.29, 0.717) is 14.7 Å². The first-order valence-electron chi connectivity index (χ1n) is 6.20. The lowest BCUT2D eigenvalue weighted by molar-refractivity contribution is -0.402. The molecule has 126 valence electrons. The SMILES string of the molecule is O=C(COc1c(Br)cc(Br)cc1Br)NN=Cc1ccc([N+](=O)[O-])o1. The fraction of sp³-hybridized carbons (Fsp3) is 0.0769.